The topological polar surface area (TPSA) is 59.5 Å². The lowest BCUT2D eigenvalue weighted by Gasteiger charge is -2.12. The van der Waals surface area contributed by atoms with Crippen molar-refractivity contribution in [3.05, 3.63) is 84.2 Å². The first-order valence-corrected chi connectivity index (χ1v) is 11.4. The molecule has 1 N–H and O–H groups in total. The number of halogens is 4. The molecule has 0 saturated carbocycles. The molecular weight excluding hydrogens is 569 g/mol. The molecule has 5 nitrogen and oxygen atoms in total. The van der Waals surface area contributed by atoms with Crippen LogP contribution in [0.1, 0.15) is 27.5 Å². The van der Waals surface area contributed by atoms with E-state index in [1.807, 2.05) is 42.7 Å². The number of carbonyl (C=O) groups is 1. The van der Waals surface area contributed by atoms with Crippen LogP contribution < -0.4 is 5.43 Å². The number of amides is 1. The average molecular weight is 584 g/mol. The molecule has 0 fully saturated rings. The molecule has 31 heavy (non-hydrogen) atoms. The van der Waals surface area contributed by atoms with E-state index in [-0.39, 0.29) is 5.76 Å². The standard InChI is InChI=1S/C22H15Br2Cl2N3O2/c1-11-5-14(12(2)29(11)19-9-16(25)3-4-18(19)26)10-27-28-22(30)20-7-13-6-15(23)8-17(24)21(13)31-20/h3-10H,1-2H3,(H,28,30)/b27-10-. The molecule has 0 aliphatic carbocycles. The number of furan rings is 1. The van der Waals surface area contributed by atoms with Gasteiger partial charge in [0.15, 0.2) is 5.76 Å². The molecule has 0 bridgehead atoms. The quantitative estimate of drug-likeness (QED) is 0.200. The molecule has 0 aliphatic rings. The summed E-state index contributed by atoms with van der Waals surface area (Å²) >= 11 is 19.4. The Morgan fingerprint density at radius 1 is 1.13 bits per heavy atom. The van der Waals surface area contributed by atoms with E-state index in [0.717, 1.165) is 37.0 Å². The SMILES string of the molecule is Cc1cc(/C=N\NC(=O)c2cc3cc(Br)cc(Br)c3o2)c(C)n1-c1cc(Cl)ccc1Cl. The van der Waals surface area contributed by atoms with E-state index >= 15 is 0 Å². The first-order valence-electron chi connectivity index (χ1n) is 9.11. The van der Waals surface area contributed by atoms with Gasteiger partial charge in [0, 0.05) is 31.8 Å². The van der Waals surface area contributed by atoms with E-state index < -0.39 is 5.91 Å². The number of aromatic nitrogens is 1. The highest BCUT2D eigenvalue weighted by Crippen LogP contribution is 2.31. The second-order valence-corrected chi connectivity index (χ2v) is 9.49. The Morgan fingerprint density at radius 2 is 1.90 bits per heavy atom. The summed E-state index contributed by atoms with van der Waals surface area (Å²) in [6.07, 6.45) is 1.59. The van der Waals surface area contributed by atoms with Crippen molar-refractivity contribution in [1.82, 2.24) is 9.99 Å². The van der Waals surface area contributed by atoms with Crippen molar-refractivity contribution < 1.29 is 9.21 Å². The third-order valence-electron chi connectivity index (χ3n) is 4.75. The molecule has 0 aliphatic heterocycles. The van der Waals surface area contributed by atoms with E-state index in [1.54, 1.807) is 24.4 Å². The largest absolute Gasteiger partial charge is 0.450 e. The first-order chi connectivity index (χ1) is 14.7. The van der Waals surface area contributed by atoms with Gasteiger partial charge in [-0.25, -0.2) is 5.43 Å². The molecule has 158 valence electrons. The van der Waals surface area contributed by atoms with Crippen molar-refractivity contribution in [2.24, 2.45) is 5.10 Å². The molecule has 2 aromatic heterocycles. The highest BCUT2D eigenvalue weighted by Gasteiger charge is 2.15. The summed E-state index contributed by atoms with van der Waals surface area (Å²) < 4.78 is 9.29. The van der Waals surface area contributed by atoms with Gasteiger partial charge in [-0.15, -0.1) is 0 Å². The lowest BCUT2D eigenvalue weighted by Crippen LogP contribution is -2.16. The van der Waals surface area contributed by atoms with Gasteiger partial charge >= 0.3 is 5.91 Å². The van der Waals surface area contributed by atoms with Gasteiger partial charge in [0.05, 0.1) is 21.4 Å². The Kier molecular flexibility index (Phi) is 6.30. The minimum atomic E-state index is -0.442. The van der Waals surface area contributed by atoms with Crippen LogP contribution in [0.15, 0.2) is 60.9 Å². The zero-order chi connectivity index (χ0) is 22.3. The molecule has 0 atom stereocenters. The van der Waals surface area contributed by atoms with E-state index in [9.17, 15) is 4.79 Å². The molecule has 0 spiro atoms. The number of nitrogens with zero attached hydrogens (tertiary/aromatic N) is 2. The second kappa shape index (κ2) is 8.82. The number of rotatable bonds is 4. The molecule has 2 aromatic carbocycles. The van der Waals surface area contributed by atoms with Crippen molar-refractivity contribution in [3.63, 3.8) is 0 Å². The van der Waals surface area contributed by atoms with E-state index in [0.29, 0.717) is 15.6 Å². The molecule has 0 radical (unpaired) electrons. The molecule has 0 saturated heterocycles. The van der Waals surface area contributed by atoms with Gasteiger partial charge < -0.3 is 8.98 Å². The number of hydrogen-bond donors (Lipinski definition) is 1. The van der Waals surface area contributed by atoms with Crippen LogP contribution in [0, 0.1) is 13.8 Å². The van der Waals surface area contributed by atoms with Crippen LogP contribution in [0.2, 0.25) is 10.0 Å². The van der Waals surface area contributed by atoms with Crippen LogP contribution in [-0.2, 0) is 0 Å². The summed E-state index contributed by atoms with van der Waals surface area (Å²) in [6.45, 7) is 3.91. The van der Waals surface area contributed by atoms with E-state index in [2.05, 4.69) is 42.4 Å². The minimum absolute atomic E-state index is 0.169. The smallest absolute Gasteiger partial charge is 0.307 e. The maximum absolute atomic E-state index is 12.5. The van der Waals surface area contributed by atoms with Gasteiger partial charge in [0.25, 0.3) is 0 Å². The number of hydrogen-bond acceptors (Lipinski definition) is 3. The Hall–Kier alpha value is -2.06. The van der Waals surface area contributed by atoms with E-state index in [4.69, 9.17) is 27.6 Å². The van der Waals surface area contributed by atoms with Crippen LogP contribution in [0.25, 0.3) is 16.7 Å². The van der Waals surface area contributed by atoms with Crippen molar-refractivity contribution in [3.8, 4) is 5.69 Å². The fourth-order valence-electron chi connectivity index (χ4n) is 3.35. The molecule has 4 rings (SSSR count). The summed E-state index contributed by atoms with van der Waals surface area (Å²) in [6, 6.07) is 12.7. The molecule has 9 heteroatoms. The fourth-order valence-corrected chi connectivity index (χ4v) is 5.06. The van der Waals surface area contributed by atoms with Gasteiger partial charge in [-0.3, -0.25) is 4.79 Å². The number of aryl methyl sites for hydroxylation is 1. The van der Waals surface area contributed by atoms with Gasteiger partial charge in [0.2, 0.25) is 0 Å². The van der Waals surface area contributed by atoms with Crippen molar-refractivity contribution in [1.29, 1.82) is 0 Å². The fraction of sp³-hybridized carbons (Fsp3) is 0.0909. The zero-order valence-electron chi connectivity index (χ0n) is 16.3. The number of hydrazone groups is 1. The second-order valence-electron chi connectivity index (χ2n) is 6.87. The van der Waals surface area contributed by atoms with Crippen LogP contribution in [0.3, 0.4) is 0 Å². The molecule has 1 amide bonds. The summed E-state index contributed by atoms with van der Waals surface area (Å²) in [4.78, 5) is 12.5. The Labute approximate surface area is 205 Å². The Balaban J connectivity index is 1.56. The lowest BCUT2D eigenvalue weighted by molar-refractivity contribution is 0.0929. The molecule has 2 heterocycles. The first kappa shape index (κ1) is 22.1. The summed E-state index contributed by atoms with van der Waals surface area (Å²) in [5.41, 5.74) is 6.61. The number of carbonyl (C=O) groups excluding carboxylic acids is 1. The Morgan fingerprint density at radius 3 is 2.68 bits per heavy atom. The van der Waals surface area contributed by atoms with E-state index in [1.165, 1.54) is 0 Å². The Bertz CT molecular complexity index is 1360. The lowest BCUT2D eigenvalue weighted by atomic mass is 10.2. The third-order valence-corrected chi connectivity index (χ3v) is 6.35. The van der Waals surface area contributed by atoms with Crippen LogP contribution in [0.5, 0.6) is 0 Å². The van der Waals surface area contributed by atoms with Crippen molar-refractivity contribution in [2.75, 3.05) is 0 Å². The van der Waals surface area contributed by atoms with Gasteiger partial charge in [0.1, 0.15) is 5.58 Å². The highest BCUT2D eigenvalue weighted by atomic mass is 79.9. The van der Waals surface area contributed by atoms with Crippen LogP contribution in [-0.4, -0.2) is 16.7 Å². The number of fused-ring (bicyclic) bond motifs is 1. The monoisotopic (exact) mass is 581 g/mol. The third kappa shape index (κ3) is 4.46. The number of nitrogens with one attached hydrogen (secondary N) is 1. The zero-order valence-corrected chi connectivity index (χ0v) is 21.0. The van der Waals surface area contributed by atoms with Crippen LogP contribution in [0.4, 0.5) is 0 Å². The van der Waals surface area contributed by atoms with Crippen molar-refractivity contribution >= 4 is 78.2 Å². The average Bonchev–Trinajstić information content (AvgIpc) is 3.25. The summed E-state index contributed by atoms with van der Waals surface area (Å²) in [7, 11) is 0. The predicted molar refractivity (Wildman–Crippen MR) is 132 cm³/mol. The van der Waals surface area contributed by atoms with Crippen LogP contribution >= 0.6 is 55.1 Å². The number of benzene rings is 2. The van der Waals surface area contributed by atoms with Gasteiger partial charge in [-0.2, -0.15) is 5.10 Å². The van der Waals surface area contributed by atoms with Gasteiger partial charge in [-0.1, -0.05) is 39.1 Å². The highest BCUT2D eigenvalue weighted by molar-refractivity contribution is 9.11. The minimum Gasteiger partial charge on any atom is -0.450 e. The summed E-state index contributed by atoms with van der Waals surface area (Å²) in [5.74, 6) is -0.274. The predicted octanol–water partition coefficient (Wildman–Crippen LogP) is 7.44. The normalized spacial score (nSPS) is 11.5. The summed E-state index contributed by atoms with van der Waals surface area (Å²) in [5, 5.41) is 6.09. The molecular formula is C22H15Br2Cl2N3O2. The van der Waals surface area contributed by atoms with Gasteiger partial charge in [-0.05, 0) is 72.2 Å². The molecule has 4 aromatic rings. The van der Waals surface area contributed by atoms with Crippen molar-refractivity contribution in [2.45, 2.75) is 13.8 Å². The maximum atomic E-state index is 12.5. The molecule has 0 unspecified atom stereocenters. The maximum Gasteiger partial charge on any atom is 0.307 e.